The van der Waals surface area contributed by atoms with Crippen LogP contribution in [0.25, 0.3) is 0 Å². The van der Waals surface area contributed by atoms with Crippen LogP contribution in [0, 0.1) is 6.92 Å². The van der Waals surface area contributed by atoms with Crippen molar-refractivity contribution < 1.29 is 24.2 Å². The van der Waals surface area contributed by atoms with Gasteiger partial charge in [0, 0.05) is 12.6 Å². The van der Waals surface area contributed by atoms with Crippen LogP contribution in [-0.4, -0.2) is 43.3 Å². The van der Waals surface area contributed by atoms with Crippen molar-refractivity contribution in [3.05, 3.63) is 82.4 Å². The van der Waals surface area contributed by atoms with E-state index in [9.17, 15) is 14.7 Å². The van der Waals surface area contributed by atoms with Gasteiger partial charge >= 0.3 is 5.97 Å². The summed E-state index contributed by atoms with van der Waals surface area (Å²) in [6.45, 7) is 6.10. The van der Waals surface area contributed by atoms with Gasteiger partial charge in [-0.1, -0.05) is 29.8 Å². The van der Waals surface area contributed by atoms with E-state index >= 15 is 0 Å². The summed E-state index contributed by atoms with van der Waals surface area (Å²) in [4.78, 5) is 26.8. The highest BCUT2D eigenvalue weighted by atomic mass is 35.5. The van der Waals surface area contributed by atoms with Crippen LogP contribution < -0.4 is 19.7 Å². The molecular weight excluding hydrogens is 480 g/mol. The summed E-state index contributed by atoms with van der Waals surface area (Å²) in [7, 11) is 2.02. The summed E-state index contributed by atoms with van der Waals surface area (Å²) in [6, 6.07) is 18.0. The summed E-state index contributed by atoms with van der Waals surface area (Å²) in [5.74, 6) is 0.151. The Bertz CT molecular complexity index is 1310. The van der Waals surface area contributed by atoms with Crippen LogP contribution in [0.2, 0.25) is 5.02 Å². The highest BCUT2D eigenvalue weighted by Crippen LogP contribution is 2.33. The molecule has 4 rings (SSSR count). The number of amides is 1. The number of halogens is 1. The Morgan fingerprint density at radius 1 is 1.17 bits per heavy atom. The molecule has 0 aromatic heterocycles. The van der Waals surface area contributed by atoms with Crippen molar-refractivity contribution in [1.29, 1.82) is 0 Å². The molecule has 1 heterocycles. The molecular formula is C28H29ClN2O5. The monoisotopic (exact) mass is 508 g/mol. The number of fused-ring (bicyclic) bond motifs is 1. The molecule has 1 aliphatic heterocycles. The fraction of sp³-hybridized carbons (Fsp3) is 0.286. The Balaban J connectivity index is 1.43. The van der Waals surface area contributed by atoms with E-state index in [2.05, 4.69) is 10.2 Å². The number of nitrogens with one attached hydrogen (secondary N) is 1. The number of aryl methyl sites for hydroxylation is 1. The Labute approximate surface area is 215 Å². The SMILES string of the molecule is Cc1cc(OC[C@@H]2CN(C)c3ccccc3O2)ccc1C(=O)Nc1cc(C(C)(C)C(=O)O)ccc1Cl. The predicted octanol–water partition coefficient (Wildman–Crippen LogP) is 5.54. The van der Waals surface area contributed by atoms with E-state index in [1.54, 1.807) is 50.2 Å². The van der Waals surface area contributed by atoms with Gasteiger partial charge in [-0.3, -0.25) is 9.59 Å². The molecule has 0 unspecified atom stereocenters. The molecule has 3 aromatic rings. The van der Waals surface area contributed by atoms with E-state index in [1.807, 2.05) is 38.2 Å². The van der Waals surface area contributed by atoms with Gasteiger partial charge in [0.1, 0.15) is 24.2 Å². The lowest BCUT2D eigenvalue weighted by atomic mass is 9.84. The van der Waals surface area contributed by atoms with Crippen molar-refractivity contribution in [2.75, 3.05) is 30.4 Å². The predicted molar refractivity (Wildman–Crippen MR) is 141 cm³/mol. The van der Waals surface area contributed by atoms with Gasteiger partial charge in [-0.15, -0.1) is 0 Å². The number of aliphatic carboxylic acids is 1. The number of hydrogen-bond acceptors (Lipinski definition) is 5. The first-order valence-electron chi connectivity index (χ1n) is 11.6. The lowest BCUT2D eigenvalue weighted by molar-refractivity contribution is -0.142. The minimum absolute atomic E-state index is 0.127. The van der Waals surface area contributed by atoms with E-state index in [4.69, 9.17) is 21.1 Å². The van der Waals surface area contributed by atoms with E-state index < -0.39 is 11.4 Å². The minimum atomic E-state index is -1.13. The third-order valence-corrected chi connectivity index (χ3v) is 6.73. The molecule has 0 fully saturated rings. The number of likely N-dealkylation sites (N-methyl/N-ethyl adjacent to an activating group) is 1. The van der Waals surface area contributed by atoms with Gasteiger partial charge in [-0.25, -0.2) is 0 Å². The second-order valence-corrected chi connectivity index (χ2v) is 9.86. The van der Waals surface area contributed by atoms with Gasteiger partial charge in [-0.2, -0.15) is 0 Å². The summed E-state index contributed by atoms with van der Waals surface area (Å²) < 4.78 is 12.0. The lowest BCUT2D eigenvalue weighted by Gasteiger charge is -2.33. The smallest absolute Gasteiger partial charge is 0.313 e. The molecule has 1 atom stereocenters. The van der Waals surface area contributed by atoms with Crippen molar-refractivity contribution in [2.45, 2.75) is 32.3 Å². The van der Waals surface area contributed by atoms with Crippen molar-refractivity contribution in [3.63, 3.8) is 0 Å². The number of hydrogen-bond donors (Lipinski definition) is 2. The summed E-state index contributed by atoms with van der Waals surface area (Å²) in [5, 5.41) is 12.6. The molecule has 0 saturated carbocycles. The number of para-hydroxylation sites is 2. The third kappa shape index (κ3) is 5.26. The number of carbonyl (C=O) groups excluding carboxylic acids is 1. The van der Waals surface area contributed by atoms with E-state index in [1.165, 1.54) is 0 Å². The third-order valence-electron chi connectivity index (χ3n) is 6.40. The fourth-order valence-corrected chi connectivity index (χ4v) is 4.24. The number of carbonyl (C=O) groups is 2. The zero-order valence-electron chi connectivity index (χ0n) is 20.7. The Morgan fingerprint density at radius 3 is 2.64 bits per heavy atom. The normalized spacial score (nSPS) is 15.0. The zero-order chi connectivity index (χ0) is 26.0. The maximum Gasteiger partial charge on any atom is 0.313 e. The molecule has 1 amide bonds. The van der Waals surface area contributed by atoms with Gasteiger partial charge in [0.25, 0.3) is 5.91 Å². The van der Waals surface area contributed by atoms with Crippen LogP contribution in [0.15, 0.2) is 60.7 Å². The molecule has 1 aliphatic rings. The van der Waals surface area contributed by atoms with Crippen LogP contribution in [0.3, 0.4) is 0 Å². The molecule has 0 aliphatic carbocycles. The molecule has 3 aromatic carbocycles. The molecule has 0 spiro atoms. The van der Waals surface area contributed by atoms with Crippen molar-refractivity contribution in [3.8, 4) is 11.5 Å². The van der Waals surface area contributed by atoms with Crippen molar-refractivity contribution in [2.24, 2.45) is 0 Å². The second-order valence-electron chi connectivity index (χ2n) is 9.45. The van der Waals surface area contributed by atoms with Crippen LogP contribution in [0.5, 0.6) is 11.5 Å². The van der Waals surface area contributed by atoms with E-state index in [0.29, 0.717) is 40.7 Å². The average molecular weight is 509 g/mol. The van der Waals surface area contributed by atoms with Crippen LogP contribution in [0.4, 0.5) is 11.4 Å². The number of rotatable bonds is 7. The van der Waals surface area contributed by atoms with Crippen molar-refractivity contribution >= 4 is 34.9 Å². The molecule has 0 saturated heterocycles. The number of benzene rings is 3. The highest BCUT2D eigenvalue weighted by molar-refractivity contribution is 6.34. The van der Waals surface area contributed by atoms with Gasteiger partial charge < -0.3 is 24.8 Å². The lowest BCUT2D eigenvalue weighted by Crippen LogP contribution is -2.41. The number of anilines is 2. The molecule has 36 heavy (non-hydrogen) atoms. The average Bonchev–Trinajstić information content (AvgIpc) is 2.84. The Hall–Kier alpha value is -3.71. The standard InChI is InChI=1S/C28H29ClN2O5/c1-17-13-19(35-16-20-15-31(4)24-7-5-6-8-25(24)36-20)10-11-21(17)26(32)30-23-14-18(9-12-22(23)29)28(2,3)27(33)34/h5-14,20H,15-16H2,1-4H3,(H,30,32)(H,33,34)/t20-/m0/s1. The summed E-state index contributed by atoms with van der Waals surface area (Å²) in [6.07, 6.45) is -0.127. The zero-order valence-corrected chi connectivity index (χ0v) is 21.4. The molecule has 2 N–H and O–H groups in total. The number of ether oxygens (including phenoxy) is 2. The topological polar surface area (TPSA) is 88.1 Å². The van der Waals surface area contributed by atoms with Crippen molar-refractivity contribution in [1.82, 2.24) is 0 Å². The van der Waals surface area contributed by atoms with Crippen LogP contribution in [-0.2, 0) is 10.2 Å². The second kappa shape index (κ2) is 10.1. The highest BCUT2D eigenvalue weighted by Gasteiger charge is 2.30. The number of carboxylic acids is 1. The molecule has 7 nitrogen and oxygen atoms in total. The summed E-state index contributed by atoms with van der Waals surface area (Å²) in [5.41, 5.74) is 2.01. The summed E-state index contributed by atoms with van der Waals surface area (Å²) >= 11 is 6.28. The first-order chi connectivity index (χ1) is 17.1. The molecule has 0 bridgehead atoms. The quantitative estimate of drug-likeness (QED) is 0.435. The van der Waals surface area contributed by atoms with Gasteiger partial charge in [0.15, 0.2) is 0 Å². The first kappa shape index (κ1) is 25.4. The Kier molecular flexibility index (Phi) is 7.13. The van der Waals surface area contributed by atoms with Crippen LogP contribution >= 0.6 is 11.6 Å². The molecule has 188 valence electrons. The fourth-order valence-electron chi connectivity index (χ4n) is 4.07. The van der Waals surface area contributed by atoms with Gasteiger partial charge in [0.05, 0.1) is 28.4 Å². The number of nitrogens with zero attached hydrogens (tertiary/aromatic N) is 1. The largest absolute Gasteiger partial charge is 0.490 e. The van der Waals surface area contributed by atoms with E-state index in [0.717, 1.165) is 17.0 Å². The van der Waals surface area contributed by atoms with Gasteiger partial charge in [-0.05, 0) is 74.4 Å². The molecule has 8 heteroatoms. The maximum absolute atomic E-state index is 13.0. The first-order valence-corrected chi connectivity index (χ1v) is 12.0. The minimum Gasteiger partial charge on any atom is -0.490 e. The maximum atomic E-state index is 13.0. The van der Waals surface area contributed by atoms with Crippen LogP contribution in [0.1, 0.15) is 35.3 Å². The van der Waals surface area contributed by atoms with E-state index in [-0.39, 0.29) is 12.0 Å². The molecule has 0 radical (unpaired) electrons. The number of carboxylic acid groups (broad SMARTS) is 1. The Morgan fingerprint density at radius 2 is 1.92 bits per heavy atom. The van der Waals surface area contributed by atoms with Gasteiger partial charge in [0.2, 0.25) is 0 Å².